The molecule has 0 aromatic heterocycles. The fourth-order valence-corrected chi connectivity index (χ4v) is 2.29. The van der Waals surface area contributed by atoms with Gasteiger partial charge in [-0.1, -0.05) is 12.1 Å². The first-order chi connectivity index (χ1) is 10.1. The average molecular weight is 293 g/mol. The Bertz CT molecular complexity index is 470. The molecule has 21 heavy (non-hydrogen) atoms. The summed E-state index contributed by atoms with van der Waals surface area (Å²) < 4.78 is 10.8. The lowest BCUT2D eigenvalue weighted by atomic mass is 9.96. The van der Waals surface area contributed by atoms with Crippen molar-refractivity contribution >= 4 is 5.97 Å². The maximum absolute atomic E-state index is 12.1. The summed E-state index contributed by atoms with van der Waals surface area (Å²) in [5.41, 5.74) is 6.21. The van der Waals surface area contributed by atoms with Gasteiger partial charge in [0.1, 0.15) is 12.4 Å². The van der Waals surface area contributed by atoms with Crippen molar-refractivity contribution in [3.8, 4) is 5.75 Å². The second kappa shape index (κ2) is 6.91. The molecule has 0 bridgehead atoms. The largest absolute Gasteiger partial charge is 0.491 e. The van der Waals surface area contributed by atoms with Gasteiger partial charge in [-0.15, -0.1) is 0 Å². The summed E-state index contributed by atoms with van der Waals surface area (Å²) in [5, 5.41) is 8.88. The van der Waals surface area contributed by atoms with Crippen molar-refractivity contribution in [3.63, 3.8) is 0 Å². The van der Waals surface area contributed by atoms with Crippen molar-refractivity contribution in [2.24, 2.45) is 11.7 Å². The molecular weight excluding hydrogens is 270 g/mol. The number of ether oxygens (including phenoxy) is 2. The normalized spacial score (nSPS) is 17.1. The molecule has 116 valence electrons. The van der Waals surface area contributed by atoms with Gasteiger partial charge in [0.25, 0.3) is 0 Å². The first kappa shape index (κ1) is 15.8. The number of benzene rings is 1. The third-order valence-electron chi connectivity index (χ3n) is 3.76. The molecule has 1 unspecified atom stereocenters. The molecule has 1 aromatic carbocycles. The van der Waals surface area contributed by atoms with Gasteiger partial charge in [-0.25, -0.2) is 4.79 Å². The van der Waals surface area contributed by atoms with E-state index in [0.717, 1.165) is 18.4 Å². The second-order valence-electron chi connectivity index (χ2n) is 5.44. The highest BCUT2D eigenvalue weighted by molar-refractivity contribution is 5.81. The Labute approximate surface area is 125 Å². The molecule has 5 heteroatoms. The van der Waals surface area contributed by atoms with Crippen molar-refractivity contribution in [2.45, 2.75) is 31.7 Å². The molecule has 1 aliphatic rings. The molecule has 2 rings (SSSR count). The first-order valence-electron chi connectivity index (χ1n) is 7.39. The maximum atomic E-state index is 12.1. The van der Waals surface area contributed by atoms with Crippen LogP contribution in [-0.2, 0) is 16.0 Å². The van der Waals surface area contributed by atoms with E-state index in [1.807, 2.05) is 24.3 Å². The van der Waals surface area contributed by atoms with Gasteiger partial charge >= 0.3 is 5.97 Å². The van der Waals surface area contributed by atoms with E-state index < -0.39 is 5.54 Å². The van der Waals surface area contributed by atoms with E-state index in [1.165, 1.54) is 0 Å². The number of carbonyl (C=O) groups is 1. The molecule has 1 fully saturated rings. The molecule has 3 N–H and O–H groups in total. The average Bonchev–Trinajstić information content (AvgIpc) is 3.32. The van der Waals surface area contributed by atoms with Crippen molar-refractivity contribution in [2.75, 3.05) is 19.8 Å². The molecule has 1 saturated carbocycles. The highest BCUT2D eigenvalue weighted by Crippen LogP contribution is 2.39. The van der Waals surface area contributed by atoms with Gasteiger partial charge in [0, 0.05) is 6.61 Å². The summed E-state index contributed by atoms with van der Waals surface area (Å²) in [4.78, 5) is 12.1. The lowest BCUT2D eigenvalue weighted by Crippen LogP contribution is -2.55. The van der Waals surface area contributed by atoms with Crippen LogP contribution in [0.3, 0.4) is 0 Å². The van der Waals surface area contributed by atoms with E-state index in [2.05, 4.69) is 0 Å². The van der Waals surface area contributed by atoms with Crippen molar-refractivity contribution in [1.29, 1.82) is 0 Å². The van der Waals surface area contributed by atoms with Crippen LogP contribution in [0.1, 0.15) is 25.3 Å². The Morgan fingerprint density at radius 2 is 2.05 bits per heavy atom. The fraction of sp³-hybridized carbons (Fsp3) is 0.562. The zero-order valence-electron chi connectivity index (χ0n) is 12.4. The SMILES string of the molecule is CCOC(=O)C(N)(COc1ccc(CCO)cc1)C1CC1. The highest BCUT2D eigenvalue weighted by Gasteiger charge is 2.50. The highest BCUT2D eigenvalue weighted by atomic mass is 16.5. The van der Waals surface area contributed by atoms with Crippen LogP contribution in [0.5, 0.6) is 5.75 Å². The number of nitrogens with two attached hydrogens (primary N) is 1. The third kappa shape index (κ3) is 3.95. The van der Waals surface area contributed by atoms with E-state index in [1.54, 1.807) is 6.92 Å². The molecule has 0 heterocycles. The van der Waals surface area contributed by atoms with Gasteiger partial charge < -0.3 is 20.3 Å². The number of aliphatic hydroxyl groups excluding tert-OH is 1. The van der Waals surface area contributed by atoms with Gasteiger partial charge in [-0.05, 0) is 49.8 Å². The number of hydrogen-bond acceptors (Lipinski definition) is 5. The standard InChI is InChI=1S/C16H23NO4/c1-2-20-15(19)16(17,13-5-6-13)11-21-14-7-3-12(4-8-14)9-10-18/h3-4,7-8,13,18H,2,5-6,9-11,17H2,1H3. The summed E-state index contributed by atoms with van der Waals surface area (Å²) in [6, 6.07) is 7.43. The van der Waals surface area contributed by atoms with Crippen molar-refractivity contribution in [3.05, 3.63) is 29.8 Å². The molecule has 0 amide bonds. The second-order valence-corrected chi connectivity index (χ2v) is 5.44. The third-order valence-corrected chi connectivity index (χ3v) is 3.76. The van der Waals surface area contributed by atoms with Crippen LogP contribution in [0.4, 0.5) is 0 Å². The van der Waals surface area contributed by atoms with Crippen LogP contribution in [0.25, 0.3) is 0 Å². The van der Waals surface area contributed by atoms with Crippen LogP contribution >= 0.6 is 0 Å². The van der Waals surface area contributed by atoms with Crippen LogP contribution in [0.15, 0.2) is 24.3 Å². The van der Waals surface area contributed by atoms with Gasteiger partial charge in [-0.2, -0.15) is 0 Å². The fourth-order valence-electron chi connectivity index (χ4n) is 2.29. The van der Waals surface area contributed by atoms with Crippen molar-refractivity contribution < 1.29 is 19.4 Å². The minimum absolute atomic E-state index is 0.121. The summed E-state index contributed by atoms with van der Waals surface area (Å²) in [6.45, 7) is 2.33. The first-order valence-corrected chi connectivity index (χ1v) is 7.39. The smallest absolute Gasteiger partial charge is 0.329 e. The van der Waals surface area contributed by atoms with Crippen LogP contribution in [0, 0.1) is 5.92 Å². The molecular formula is C16H23NO4. The molecule has 0 aliphatic heterocycles. The van der Waals surface area contributed by atoms with Gasteiger partial charge in [0.15, 0.2) is 5.54 Å². The Morgan fingerprint density at radius 3 is 2.57 bits per heavy atom. The van der Waals surface area contributed by atoms with E-state index in [-0.39, 0.29) is 25.1 Å². The molecule has 0 radical (unpaired) electrons. The van der Waals surface area contributed by atoms with Gasteiger partial charge in [0.05, 0.1) is 6.61 Å². The van der Waals surface area contributed by atoms with E-state index in [9.17, 15) is 4.79 Å². The minimum Gasteiger partial charge on any atom is -0.491 e. The van der Waals surface area contributed by atoms with Crippen LogP contribution in [-0.4, -0.2) is 36.4 Å². The maximum Gasteiger partial charge on any atom is 0.329 e. The molecule has 0 saturated heterocycles. The summed E-state index contributed by atoms with van der Waals surface area (Å²) in [7, 11) is 0. The summed E-state index contributed by atoms with van der Waals surface area (Å²) in [5.74, 6) is 0.422. The predicted molar refractivity (Wildman–Crippen MR) is 79.0 cm³/mol. The zero-order valence-corrected chi connectivity index (χ0v) is 12.4. The molecule has 0 spiro atoms. The molecule has 1 aromatic rings. The van der Waals surface area contributed by atoms with Crippen LogP contribution < -0.4 is 10.5 Å². The number of hydrogen-bond donors (Lipinski definition) is 2. The van der Waals surface area contributed by atoms with Crippen LogP contribution in [0.2, 0.25) is 0 Å². The Balaban J connectivity index is 1.96. The van der Waals surface area contributed by atoms with E-state index in [0.29, 0.717) is 18.8 Å². The number of carbonyl (C=O) groups excluding carboxylic acids is 1. The summed E-state index contributed by atoms with van der Waals surface area (Å²) in [6.07, 6.45) is 2.49. The minimum atomic E-state index is -1.06. The Hall–Kier alpha value is -1.59. The number of aliphatic hydroxyl groups is 1. The quantitative estimate of drug-likeness (QED) is 0.705. The molecule has 1 aliphatic carbocycles. The van der Waals surface area contributed by atoms with Gasteiger partial charge in [0.2, 0.25) is 0 Å². The Morgan fingerprint density at radius 1 is 1.38 bits per heavy atom. The zero-order chi connectivity index (χ0) is 15.3. The lowest BCUT2D eigenvalue weighted by molar-refractivity contribution is -0.151. The predicted octanol–water partition coefficient (Wildman–Crippen LogP) is 1.27. The van der Waals surface area contributed by atoms with Gasteiger partial charge in [-0.3, -0.25) is 0 Å². The number of esters is 1. The summed E-state index contributed by atoms with van der Waals surface area (Å²) >= 11 is 0. The number of rotatable bonds is 8. The monoisotopic (exact) mass is 293 g/mol. The lowest BCUT2D eigenvalue weighted by Gasteiger charge is -2.27. The van der Waals surface area contributed by atoms with E-state index in [4.69, 9.17) is 20.3 Å². The van der Waals surface area contributed by atoms with Crippen molar-refractivity contribution in [1.82, 2.24) is 0 Å². The molecule has 1 atom stereocenters. The van der Waals surface area contributed by atoms with E-state index >= 15 is 0 Å². The Kier molecular flexibility index (Phi) is 5.20. The topological polar surface area (TPSA) is 81.8 Å². The molecule has 5 nitrogen and oxygen atoms in total.